The number of hydrogen-bond donors (Lipinski definition) is 1. The highest BCUT2D eigenvalue weighted by Gasteiger charge is 2.21. The molecule has 19 heavy (non-hydrogen) atoms. The van der Waals surface area contributed by atoms with Crippen LogP contribution in [0.15, 0.2) is 18.2 Å². The highest BCUT2D eigenvalue weighted by molar-refractivity contribution is 5.55. The smallest absolute Gasteiger partial charge is 0.128 e. The van der Waals surface area contributed by atoms with Crippen molar-refractivity contribution in [2.45, 2.75) is 32.1 Å². The molecule has 2 fully saturated rings. The highest BCUT2D eigenvalue weighted by atomic mass is 19.1. The van der Waals surface area contributed by atoms with E-state index in [-0.39, 0.29) is 5.82 Å². The van der Waals surface area contributed by atoms with E-state index in [0.29, 0.717) is 5.92 Å². The topological polar surface area (TPSA) is 15.3 Å². The molecule has 0 radical (unpaired) electrons. The summed E-state index contributed by atoms with van der Waals surface area (Å²) in [4.78, 5) is 2.36. The molecule has 1 atom stereocenters. The molecule has 0 amide bonds. The Bertz CT molecular complexity index is 421. The Morgan fingerprint density at radius 2 is 2.05 bits per heavy atom. The van der Waals surface area contributed by atoms with Crippen LogP contribution in [0.3, 0.4) is 0 Å². The van der Waals surface area contributed by atoms with Crippen molar-refractivity contribution in [3.05, 3.63) is 29.6 Å². The molecule has 1 unspecified atom stereocenters. The van der Waals surface area contributed by atoms with Crippen LogP contribution in [0.5, 0.6) is 0 Å². The molecule has 0 saturated carbocycles. The lowest BCUT2D eigenvalue weighted by Gasteiger charge is -2.27. The molecule has 3 heteroatoms. The summed E-state index contributed by atoms with van der Waals surface area (Å²) < 4.78 is 14.2. The molecule has 1 aromatic rings. The second-order valence-electron chi connectivity index (χ2n) is 5.85. The standard InChI is InChI=1S/C16H23FN2/c17-15-6-3-7-16(19-9-1-2-10-19)14(15)11-13-5-4-8-18-12-13/h3,6-7,13,18H,1-2,4-5,8-12H2. The minimum absolute atomic E-state index is 0.0185. The van der Waals surface area contributed by atoms with Crippen LogP contribution < -0.4 is 10.2 Å². The van der Waals surface area contributed by atoms with E-state index < -0.39 is 0 Å². The van der Waals surface area contributed by atoms with Crippen molar-refractivity contribution in [3.63, 3.8) is 0 Å². The van der Waals surface area contributed by atoms with Gasteiger partial charge in [-0.15, -0.1) is 0 Å². The number of anilines is 1. The minimum atomic E-state index is -0.0185. The molecule has 2 heterocycles. The zero-order chi connectivity index (χ0) is 13.1. The number of rotatable bonds is 3. The van der Waals surface area contributed by atoms with Crippen LogP contribution in [-0.4, -0.2) is 26.2 Å². The zero-order valence-electron chi connectivity index (χ0n) is 11.5. The summed E-state index contributed by atoms with van der Waals surface area (Å²) in [5, 5.41) is 3.43. The van der Waals surface area contributed by atoms with E-state index in [1.54, 1.807) is 6.07 Å². The Balaban J connectivity index is 1.81. The molecule has 104 valence electrons. The van der Waals surface area contributed by atoms with E-state index in [9.17, 15) is 4.39 Å². The van der Waals surface area contributed by atoms with Crippen molar-refractivity contribution in [1.29, 1.82) is 0 Å². The van der Waals surface area contributed by atoms with Gasteiger partial charge < -0.3 is 10.2 Å². The van der Waals surface area contributed by atoms with Gasteiger partial charge in [0.15, 0.2) is 0 Å². The number of nitrogens with zero attached hydrogens (tertiary/aromatic N) is 1. The summed E-state index contributed by atoms with van der Waals surface area (Å²) in [6.07, 6.45) is 5.80. The molecule has 1 N–H and O–H groups in total. The van der Waals surface area contributed by atoms with Gasteiger partial charge >= 0.3 is 0 Å². The summed E-state index contributed by atoms with van der Waals surface area (Å²) in [7, 11) is 0. The number of piperidine rings is 1. The lowest BCUT2D eigenvalue weighted by molar-refractivity contribution is 0.372. The van der Waals surface area contributed by atoms with Gasteiger partial charge in [-0.2, -0.15) is 0 Å². The van der Waals surface area contributed by atoms with Gasteiger partial charge in [0.25, 0.3) is 0 Å². The normalized spacial score (nSPS) is 23.8. The molecular formula is C16H23FN2. The van der Waals surface area contributed by atoms with Crippen LogP contribution in [-0.2, 0) is 6.42 Å². The maximum atomic E-state index is 14.2. The van der Waals surface area contributed by atoms with Gasteiger partial charge in [0.1, 0.15) is 5.82 Å². The summed E-state index contributed by atoms with van der Waals surface area (Å²) in [5.74, 6) is 0.571. The Hall–Kier alpha value is -1.09. The van der Waals surface area contributed by atoms with Crippen LogP contribution >= 0.6 is 0 Å². The molecule has 2 nitrogen and oxygen atoms in total. The fraction of sp³-hybridized carbons (Fsp3) is 0.625. The predicted octanol–water partition coefficient (Wildman–Crippen LogP) is 2.97. The van der Waals surface area contributed by atoms with E-state index in [1.165, 1.54) is 25.7 Å². The average Bonchev–Trinajstić information content (AvgIpc) is 2.96. The van der Waals surface area contributed by atoms with Crippen molar-refractivity contribution in [3.8, 4) is 0 Å². The van der Waals surface area contributed by atoms with E-state index in [0.717, 1.165) is 43.9 Å². The van der Waals surface area contributed by atoms with Gasteiger partial charge in [-0.25, -0.2) is 4.39 Å². The number of nitrogens with one attached hydrogen (secondary N) is 1. The number of hydrogen-bond acceptors (Lipinski definition) is 2. The molecule has 2 aliphatic heterocycles. The van der Waals surface area contributed by atoms with Crippen molar-refractivity contribution >= 4 is 5.69 Å². The summed E-state index contributed by atoms with van der Waals surface area (Å²) in [6, 6.07) is 5.57. The second kappa shape index (κ2) is 5.91. The maximum Gasteiger partial charge on any atom is 0.128 e. The van der Waals surface area contributed by atoms with E-state index in [2.05, 4.69) is 16.3 Å². The molecule has 1 aromatic carbocycles. The van der Waals surface area contributed by atoms with Crippen molar-refractivity contribution in [2.24, 2.45) is 5.92 Å². The Labute approximate surface area is 115 Å². The molecule has 2 aliphatic rings. The SMILES string of the molecule is Fc1cccc(N2CCCC2)c1CC1CCCNC1. The molecule has 0 spiro atoms. The maximum absolute atomic E-state index is 14.2. The molecule has 2 saturated heterocycles. The van der Waals surface area contributed by atoms with Gasteiger partial charge in [-0.1, -0.05) is 6.07 Å². The monoisotopic (exact) mass is 262 g/mol. The first-order chi connectivity index (χ1) is 9.34. The summed E-state index contributed by atoms with van der Waals surface area (Å²) in [6.45, 7) is 4.32. The third kappa shape index (κ3) is 2.92. The van der Waals surface area contributed by atoms with Crippen LogP contribution in [0, 0.1) is 11.7 Å². The number of benzene rings is 1. The Kier molecular flexibility index (Phi) is 4.02. The average molecular weight is 262 g/mol. The molecule has 0 bridgehead atoms. The summed E-state index contributed by atoms with van der Waals surface area (Å²) in [5.41, 5.74) is 2.08. The van der Waals surface area contributed by atoms with E-state index in [1.807, 2.05) is 6.07 Å². The predicted molar refractivity (Wildman–Crippen MR) is 77.1 cm³/mol. The zero-order valence-corrected chi connectivity index (χ0v) is 11.5. The summed E-state index contributed by atoms with van der Waals surface area (Å²) >= 11 is 0. The lowest BCUT2D eigenvalue weighted by atomic mass is 9.91. The number of halogens is 1. The third-order valence-electron chi connectivity index (χ3n) is 4.43. The Morgan fingerprint density at radius 1 is 1.21 bits per heavy atom. The van der Waals surface area contributed by atoms with E-state index >= 15 is 0 Å². The van der Waals surface area contributed by atoms with Gasteiger partial charge in [0, 0.05) is 24.3 Å². The molecular weight excluding hydrogens is 239 g/mol. The first-order valence-electron chi connectivity index (χ1n) is 7.57. The molecule has 0 aromatic heterocycles. The van der Waals surface area contributed by atoms with Crippen LogP contribution in [0.2, 0.25) is 0 Å². The van der Waals surface area contributed by atoms with Crippen LogP contribution in [0.4, 0.5) is 10.1 Å². The fourth-order valence-corrected chi connectivity index (χ4v) is 3.39. The van der Waals surface area contributed by atoms with Crippen molar-refractivity contribution < 1.29 is 4.39 Å². The molecule has 3 rings (SSSR count). The van der Waals surface area contributed by atoms with E-state index in [4.69, 9.17) is 0 Å². The highest BCUT2D eigenvalue weighted by Crippen LogP contribution is 2.30. The van der Waals surface area contributed by atoms with Gasteiger partial charge in [0.05, 0.1) is 0 Å². The van der Waals surface area contributed by atoms with Crippen molar-refractivity contribution in [2.75, 3.05) is 31.1 Å². The quantitative estimate of drug-likeness (QED) is 0.901. The first kappa shape index (κ1) is 12.9. The van der Waals surface area contributed by atoms with Crippen LogP contribution in [0.1, 0.15) is 31.2 Å². The first-order valence-corrected chi connectivity index (χ1v) is 7.57. The largest absolute Gasteiger partial charge is 0.371 e. The third-order valence-corrected chi connectivity index (χ3v) is 4.43. The second-order valence-corrected chi connectivity index (χ2v) is 5.85. The molecule has 0 aliphatic carbocycles. The lowest BCUT2D eigenvalue weighted by Crippen LogP contribution is -2.31. The van der Waals surface area contributed by atoms with Crippen molar-refractivity contribution in [1.82, 2.24) is 5.32 Å². The van der Waals surface area contributed by atoms with Crippen LogP contribution in [0.25, 0.3) is 0 Å². The van der Waals surface area contributed by atoms with Gasteiger partial charge in [-0.3, -0.25) is 0 Å². The van der Waals surface area contributed by atoms with Gasteiger partial charge in [-0.05, 0) is 63.2 Å². The Morgan fingerprint density at radius 3 is 2.79 bits per heavy atom. The fourth-order valence-electron chi connectivity index (χ4n) is 3.39. The van der Waals surface area contributed by atoms with Gasteiger partial charge in [0.2, 0.25) is 0 Å². The minimum Gasteiger partial charge on any atom is -0.371 e.